The number of phenols is 2. The van der Waals surface area contributed by atoms with Crippen LogP contribution < -0.4 is 35.4 Å². The summed E-state index contributed by atoms with van der Waals surface area (Å²) < 4.78 is 0. The smallest absolute Gasteiger partial charge is 1.00 e. The molecule has 4 rings (SSSR count). The molecule has 0 aliphatic carbocycles. The van der Waals surface area contributed by atoms with Gasteiger partial charge in [0.1, 0.15) is 11.5 Å². The molecule has 4 aromatic carbocycles. The van der Waals surface area contributed by atoms with E-state index < -0.39 is 0 Å². The Balaban J connectivity index is 0.000000767. The van der Waals surface area contributed by atoms with Crippen molar-refractivity contribution in [2.24, 2.45) is 0 Å². The number of aromatic hydroxyl groups is 2. The van der Waals surface area contributed by atoms with Gasteiger partial charge in [-0.15, -0.1) is 0 Å². The van der Waals surface area contributed by atoms with Crippen LogP contribution in [0.2, 0.25) is 0 Å². The molecular weight excluding hydrogens is 619 g/mol. The number of para-hydroxylation sites is 4. The summed E-state index contributed by atoms with van der Waals surface area (Å²) in [6.07, 6.45) is 0. The van der Waals surface area contributed by atoms with E-state index in [2.05, 4.69) is 10.6 Å². The molecule has 6 nitrogen and oxygen atoms in total. The van der Waals surface area contributed by atoms with Crippen LogP contribution in [0, 0.1) is 0 Å². The topological polar surface area (TPSA) is 98.7 Å². The Morgan fingerprint density at radius 2 is 0.814 bits per heavy atom. The molecule has 43 heavy (non-hydrogen) atoms. The van der Waals surface area contributed by atoms with Gasteiger partial charge in [0, 0.05) is 22.5 Å². The third-order valence-electron chi connectivity index (χ3n) is 6.24. The number of carbonyl (C=O) groups is 2. The van der Waals surface area contributed by atoms with Gasteiger partial charge in [0.05, 0.1) is 11.1 Å². The quantitative estimate of drug-likeness (QED) is 0.252. The van der Waals surface area contributed by atoms with Crippen LogP contribution >= 0.6 is 0 Å². The largest absolute Gasteiger partial charge is 2.00 e. The first-order chi connectivity index (χ1) is 18.8. The minimum absolute atomic E-state index is 0. The van der Waals surface area contributed by atoms with E-state index in [1.54, 1.807) is 24.3 Å². The van der Waals surface area contributed by atoms with Crippen molar-refractivity contribution in [3.8, 4) is 11.5 Å². The Kier molecular flexibility index (Phi) is 15.8. The van der Waals surface area contributed by atoms with Crippen molar-refractivity contribution in [2.45, 2.75) is 52.4 Å². The molecule has 4 N–H and O–H groups in total. The molecule has 226 valence electrons. The Labute approximate surface area is 282 Å². The fourth-order valence-electron chi connectivity index (χ4n) is 4.10. The van der Waals surface area contributed by atoms with E-state index in [4.69, 9.17) is 0 Å². The molecule has 0 bridgehead atoms. The zero-order valence-corrected chi connectivity index (χ0v) is 28.3. The monoisotopic (exact) mass is 656 g/mol. The fourth-order valence-corrected chi connectivity index (χ4v) is 4.10. The van der Waals surface area contributed by atoms with Crippen LogP contribution in [-0.4, -0.2) is 22.0 Å². The summed E-state index contributed by atoms with van der Waals surface area (Å²) in [7, 11) is 0. The van der Waals surface area contributed by atoms with E-state index in [0.717, 1.165) is 11.1 Å². The summed E-state index contributed by atoms with van der Waals surface area (Å²) in [6.45, 7) is 12.0. The van der Waals surface area contributed by atoms with E-state index in [9.17, 15) is 19.8 Å². The number of hydrogen-bond acceptors (Lipinski definition) is 4. The molecule has 9 heteroatoms. The maximum Gasteiger partial charge on any atom is 2.00 e. The molecule has 0 aliphatic heterocycles. The first-order valence-corrected chi connectivity index (χ1v) is 13.2. The predicted molar refractivity (Wildman–Crippen MR) is 162 cm³/mol. The molecular formula is C34H38Cl2N2O4Ti. The average molecular weight is 657 g/mol. The third-order valence-corrected chi connectivity index (χ3v) is 6.24. The van der Waals surface area contributed by atoms with Gasteiger partial charge in [-0.05, 0) is 47.2 Å². The number of amides is 2. The molecule has 0 aliphatic rings. The first kappa shape index (κ1) is 39.7. The van der Waals surface area contributed by atoms with E-state index in [1.165, 1.54) is 0 Å². The molecule has 0 fully saturated rings. The number of nitrogens with one attached hydrogen (secondary N) is 2. The molecule has 0 unspecified atom stereocenters. The first-order valence-electron chi connectivity index (χ1n) is 13.2. The molecule has 0 atom stereocenters. The van der Waals surface area contributed by atoms with Gasteiger partial charge >= 0.3 is 21.7 Å². The molecule has 0 aromatic heterocycles. The van der Waals surface area contributed by atoms with Crippen LogP contribution in [0.4, 0.5) is 11.4 Å². The third kappa shape index (κ3) is 11.1. The van der Waals surface area contributed by atoms with Crippen molar-refractivity contribution in [3.05, 3.63) is 119 Å². The van der Waals surface area contributed by atoms with Gasteiger partial charge in [0.15, 0.2) is 0 Å². The molecule has 4 aromatic rings. The van der Waals surface area contributed by atoms with Gasteiger partial charge in [-0.3, -0.25) is 9.59 Å². The second kappa shape index (κ2) is 17.1. The number of rotatable bonds is 4. The molecule has 0 spiro atoms. The molecule has 0 heterocycles. The molecule has 2 amide bonds. The van der Waals surface area contributed by atoms with Crippen LogP contribution in [-0.2, 0) is 32.5 Å². The van der Waals surface area contributed by atoms with Crippen molar-refractivity contribution in [1.29, 1.82) is 0 Å². The minimum atomic E-state index is -0.306. The van der Waals surface area contributed by atoms with Gasteiger partial charge in [-0.25, -0.2) is 0 Å². The van der Waals surface area contributed by atoms with Gasteiger partial charge in [0.2, 0.25) is 0 Å². The Bertz CT molecular complexity index is 1360. The second-order valence-corrected chi connectivity index (χ2v) is 11.5. The zero-order valence-electron chi connectivity index (χ0n) is 25.2. The fraction of sp³-hybridized carbons (Fsp3) is 0.235. The molecule has 0 radical (unpaired) electrons. The normalized spacial score (nSPS) is 10.4. The molecule has 0 saturated heterocycles. The SMILES string of the molecule is CC(C)(C)c1cccc(C(=O)Nc2ccccc2)c1O.CC(C)(C)c1cccc(C(=O)Nc2ccccc2)c1O.[Cl-].[Cl-].[Ti+2]. The van der Waals surface area contributed by atoms with Gasteiger partial charge in [-0.1, -0.05) is 102 Å². The summed E-state index contributed by atoms with van der Waals surface area (Å²) >= 11 is 0. The maximum atomic E-state index is 12.2. The number of halogens is 2. The summed E-state index contributed by atoms with van der Waals surface area (Å²) in [6, 6.07) is 28.9. The van der Waals surface area contributed by atoms with E-state index in [0.29, 0.717) is 22.5 Å². The van der Waals surface area contributed by atoms with Crippen molar-refractivity contribution in [1.82, 2.24) is 0 Å². The number of anilines is 2. The Morgan fingerprint density at radius 1 is 0.512 bits per heavy atom. The van der Waals surface area contributed by atoms with Crippen LogP contribution in [0.25, 0.3) is 0 Å². The second-order valence-electron chi connectivity index (χ2n) is 11.5. The summed E-state index contributed by atoms with van der Waals surface area (Å²) in [5.41, 5.74) is 3.09. The standard InChI is InChI=1S/2C17H19NO2.2ClH.Ti/c2*1-17(2,3)14-11-7-10-13(15(14)19)16(20)18-12-8-5-4-6-9-12;;;/h2*4-11,19H,1-3H3,(H,18,20);2*1H;/q;;;;+2/p-2. The number of hydrogen-bond donors (Lipinski definition) is 4. The van der Waals surface area contributed by atoms with Crippen LogP contribution in [0.15, 0.2) is 97.1 Å². The number of phenolic OH excluding ortho intramolecular Hbond substituents is 2. The van der Waals surface area contributed by atoms with E-state index in [1.807, 2.05) is 114 Å². The van der Waals surface area contributed by atoms with Crippen LogP contribution in [0.3, 0.4) is 0 Å². The Morgan fingerprint density at radius 3 is 1.09 bits per heavy atom. The summed E-state index contributed by atoms with van der Waals surface area (Å²) in [5.74, 6) is -0.513. The van der Waals surface area contributed by atoms with E-state index in [-0.39, 0.29) is 80.7 Å². The van der Waals surface area contributed by atoms with Crippen molar-refractivity contribution in [2.75, 3.05) is 10.6 Å². The van der Waals surface area contributed by atoms with Gasteiger partial charge < -0.3 is 45.7 Å². The van der Waals surface area contributed by atoms with Crippen molar-refractivity contribution in [3.63, 3.8) is 0 Å². The number of benzene rings is 4. The minimum Gasteiger partial charge on any atom is -1.00 e. The maximum absolute atomic E-state index is 12.2. The van der Waals surface area contributed by atoms with Crippen molar-refractivity contribution >= 4 is 23.2 Å². The molecule has 0 saturated carbocycles. The number of carbonyl (C=O) groups excluding carboxylic acids is 2. The summed E-state index contributed by atoms with van der Waals surface area (Å²) in [5, 5.41) is 26.2. The zero-order chi connectivity index (χ0) is 29.5. The average Bonchev–Trinajstić information content (AvgIpc) is 2.89. The summed E-state index contributed by atoms with van der Waals surface area (Å²) in [4.78, 5) is 24.5. The van der Waals surface area contributed by atoms with Crippen LogP contribution in [0.5, 0.6) is 11.5 Å². The van der Waals surface area contributed by atoms with Crippen molar-refractivity contribution < 1.29 is 66.3 Å². The van der Waals surface area contributed by atoms with Crippen LogP contribution in [0.1, 0.15) is 73.4 Å². The predicted octanol–water partition coefficient (Wildman–Crippen LogP) is 1.89. The van der Waals surface area contributed by atoms with Gasteiger partial charge in [0.25, 0.3) is 11.8 Å². The van der Waals surface area contributed by atoms with E-state index >= 15 is 0 Å². The van der Waals surface area contributed by atoms with Gasteiger partial charge in [-0.2, -0.15) is 0 Å². The Hall–Kier alpha value is -3.29.